The number of nitro groups is 1. The van der Waals surface area contributed by atoms with E-state index in [1.54, 1.807) is 18.2 Å². The van der Waals surface area contributed by atoms with Crippen molar-refractivity contribution in [3.63, 3.8) is 0 Å². The van der Waals surface area contributed by atoms with E-state index in [0.717, 1.165) is 0 Å². The molecule has 9 nitrogen and oxygen atoms in total. The predicted molar refractivity (Wildman–Crippen MR) is 112 cm³/mol. The second kappa shape index (κ2) is 8.70. The number of nitro benzene ring substituents is 1. The van der Waals surface area contributed by atoms with Crippen LogP contribution in [0.1, 0.15) is 19.8 Å². The van der Waals surface area contributed by atoms with Gasteiger partial charge in [-0.2, -0.15) is 0 Å². The van der Waals surface area contributed by atoms with E-state index in [9.17, 15) is 28.4 Å². The number of para-hydroxylation sites is 2. The number of anilines is 2. The Hall–Kier alpha value is -3.14. The summed E-state index contributed by atoms with van der Waals surface area (Å²) < 4.78 is 24.1. The molecule has 1 saturated heterocycles. The number of carbonyl (C=O) groups excluding carboxylic acids is 1. The van der Waals surface area contributed by atoms with Crippen LogP contribution in [-0.4, -0.2) is 43.2 Å². The lowest BCUT2D eigenvalue weighted by Crippen LogP contribution is -2.38. The van der Waals surface area contributed by atoms with E-state index in [1.165, 1.54) is 31.2 Å². The number of nitrogens with one attached hydrogen (secondary N) is 1. The highest BCUT2D eigenvalue weighted by atomic mass is 32.2. The summed E-state index contributed by atoms with van der Waals surface area (Å²) in [7, 11) is -3.47. The molecule has 3 rings (SSSR count). The molecule has 0 bridgehead atoms. The smallest absolute Gasteiger partial charge is 0.292 e. The van der Waals surface area contributed by atoms with Crippen LogP contribution in [0, 0.1) is 16.0 Å². The standard InChI is InChI=1S/C20H23N3O6S/c1-2-30(28,29)15-7-8-19(24)16(13-15)21-20(25)14-9-11-22(12-10-14)17-5-3-4-6-18(17)23(26)27/h3-8,13-14,24H,2,9-12H2,1H3,(H,21,25). The number of piperidine rings is 1. The molecule has 0 radical (unpaired) electrons. The van der Waals surface area contributed by atoms with Crippen molar-refractivity contribution < 1.29 is 23.2 Å². The van der Waals surface area contributed by atoms with Gasteiger partial charge in [0.15, 0.2) is 9.84 Å². The summed E-state index contributed by atoms with van der Waals surface area (Å²) in [5, 5.41) is 23.9. The maximum Gasteiger partial charge on any atom is 0.292 e. The Kier molecular flexibility index (Phi) is 6.25. The van der Waals surface area contributed by atoms with Crippen molar-refractivity contribution in [2.45, 2.75) is 24.7 Å². The Morgan fingerprint density at radius 3 is 2.53 bits per heavy atom. The summed E-state index contributed by atoms with van der Waals surface area (Å²) in [5.74, 6) is -0.973. The highest BCUT2D eigenvalue weighted by Gasteiger charge is 2.28. The normalized spacial score (nSPS) is 15.0. The molecular weight excluding hydrogens is 410 g/mol. The summed E-state index contributed by atoms with van der Waals surface area (Å²) in [6, 6.07) is 10.3. The van der Waals surface area contributed by atoms with E-state index in [2.05, 4.69) is 5.32 Å². The summed E-state index contributed by atoms with van der Waals surface area (Å²) in [5.41, 5.74) is 0.603. The number of nitrogens with zero attached hydrogens (tertiary/aromatic N) is 2. The second-order valence-corrected chi connectivity index (χ2v) is 9.36. The number of amides is 1. The Labute approximate surface area is 174 Å². The van der Waals surface area contributed by atoms with Crippen LogP contribution in [0.2, 0.25) is 0 Å². The van der Waals surface area contributed by atoms with Crippen LogP contribution in [0.15, 0.2) is 47.4 Å². The van der Waals surface area contributed by atoms with Gasteiger partial charge >= 0.3 is 0 Å². The molecule has 0 aromatic heterocycles. The monoisotopic (exact) mass is 433 g/mol. The highest BCUT2D eigenvalue weighted by Crippen LogP contribution is 2.32. The van der Waals surface area contributed by atoms with Gasteiger partial charge in [0.2, 0.25) is 5.91 Å². The average Bonchev–Trinajstić information content (AvgIpc) is 2.75. The Morgan fingerprint density at radius 1 is 1.23 bits per heavy atom. The van der Waals surface area contributed by atoms with Crippen LogP contribution in [0.5, 0.6) is 5.75 Å². The average molecular weight is 433 g/mol. The molecule has 0 atom stereocenters. The molecular formula is C20H23N3O6S. The molecule has 10 heteroatoms. The zero-order valence-electron chi connectivity index (χ0n) is 16.4. The van der Waals surface area contributed by atoms with Gasteiger partial charge in [-0.3, -0.25) is 14.9 Å². The molecule has 0 spiro atoms. The number of benzene rings is 2. The number of phenols is 1. The van der Waals surface area contributed by atoms with E-state index in [4.69, 9.17) is 0 Å². The Balaban J connectivity index is 1.68. The van der Waals surface area contributed by atoms with Crippen molar-refractivity contribution in [3.8, 4) is 5.75 Å². The van der Waals surface area contributed by atoms with E-state index in [1.807, 2.05) is 4.90 Å². The van der Waals surface area contributed by atoms with Crippen LogP contribution in [0.25, 0.3) is 0 Å². The molecule has 2 N–H and O–H groups in total. The lowest BCUT2D eigenvalue weighted by atomic mass is 9.95. The van der Waals surface area contributed by atoms with E-state index >= 15 is 0 Å². The van der Waals surface area contributed by atoms with Gasteiger partial charge in [0.05, 0.1) is 21.3 Å². The van der Waals surface area contributed by atoms with E-state index in [-0.39, 0.29) is 39.6 Å². The molecule has 0 aliphatic carbocycles. The first kappa shape index (κ1) is 21.6. The Bertz CT molecular complexity index is 1060. The number of aromatic hydroxyl groups is 1. The first-order valence-electron chi connectivity index (χ1n) is 9.58. The van der Waals surface area contributed by atoms with Crippen molar-refractivity contribution in [1.82, 2.24) is 0 Å². The van der Waals surface area contributed by atoms with Crippen molar-refractivity contribution in [1.29, 1.82) is 0 Å². The topological polar surface area (TPSA) is 130 Å². The lowest BCUT2D eigenvalue weighted by molar-refractivity contribution is -0.384. The Morgan fingerprint density at radius 2 is 1.90 bits per heavy atom. The van der Waals surface area contributed by atoms with Crippen LogP contribution >= 0.6 is 0 Å². The lowest BCUT2D eigenvalue weighted by Gasteiger charge is -2.32. The molecule has 1 heterocycles. The quantitative estimate of drug-likeness (QED) is 0.407. The van der Waals surface area contributed by atoms with Crippen molar-refractivity contribution in [2.24, 2.45) is 5.92 Å². The minimum atomic E-state index is -3.47. The number of sulfone groups is 1. The number of hydrogen-bond acceptors (Lipinski definition) is 7. The van der Waals surface area contributed by atoms with Gasteiger partial charge in [0, 0.05) is 25.1 Å². The maximum absolute atomic E-state index is 12.7. The fourth-order valence-corrected chi connectivity index (χ4v) is 4.38. The van der Waals surface area contributed by atoms with Crippen molar-refractivity contribution >= 4 is 32.8 Å². The third-order valence-corrected chi connectivity index (χ3v) is 6.98. The first-order valence-corrected chi connectivity index (χ1v) is 11.2. The van der Waals surface area contributed by atoms with Crippen LogP contribution in [0.3, 0.4) is 0 Å². The van der Waals surface area contributed by atoms with E-state index < -0.39 is 14.8 Å². The predicted octanol–water partition coefficient (Wildman–Crippen LogP) is 2.95. The van der Waals surface area contributed by atoms with Gasteiger partial charge in [0.1, 0.15) is 11.4 Å². The van der Waals surface area contributed by atoms with Gasteiger partial charge in [-0.25, -0.2) is 8.42 Å². The van der Waals surface area contributed by atoms with E-state index in [0.29, 0.717) is 31.6 Å². The van der Waals surface area contributed by atoms with Gasteiger partial charge in [0.25, 0.3) is 5.69 Å². The number of phenolic OH excluding ortho intramolecular Hbond substituents is 1. The maximum atomic E-state index is 12.7. The first-order chi connectivity index (χ1) is 14.2. The molecule has 1 amide bonds. The fourth-order valence-electron chi connectivity index (χ4n) is 3.48. The zero-order valence-corrected chi connectivity index (χ0v) is 17.3. The molecule has 0 unspecified atom stereocenters. The minimum absolute atomic E-state index is 0.0271. The molecule has 2 aromatic carbocycles. The van der Waals surface area contributed by atoms with Crippen molar-refractivity contribution in [2.75, 3.05) is 29.1 Å². The fraction of sp³-hybridized carbons (Fsp3) is 0.350. The molecule has 30 heavy (non-hydrogen) atoms. The summed E-state index contributed by atoms with van der Waals surface area (Å²) >= 11 is 0. The summed E-state index contributed by atoms with van der Waals surface area (Å²) in [6.07, 6.45) is 0.956. The van der Waals surface area contributed by atoms with Crippen LogP contribution in [0.4, 0.5) is 17.1 Å². The van der Waals surface area contributed by atoms with Gasteiger partial charge < -0.3 is 15.3 Å². The SMILES string of the molecule is CCS(=O)(=O)c1ccc(O)c(NC(=O)C2CCN(c3ccccc3[N+](=O)[O-])CC2)c1. The van der Waals surface area contributed by atoms with Crippen LogP contribution in [-0.2, 0) is 14.6 Å². The minimum Gasteiger partial charge on any atom is -0.506 e. The van der Waals surface area contributed by atoms with Crippen molar-refractivity contribution in [3.05, 3.63) is 52.6 Å². The second-order valence-electron chi connectivity index (χ2n) is 7.08. The number of rotatable bonds is 6. The third kappa shape index (κ3) is 4.54. The van der Waals surface area contributed by atoms with Gasteiger partial charge in [-0.05, 0) is 37.1 Å². The number of hydrogen-bond donors (Lipinski definition) is 2. The number of carbonyl (C=O) groups is 1. The van der Waals surface area contributed by atoms with Gasteiger partial charge in [-0.1, -0.05) is 19.1 Å². The summed E-state index contributed by atoms with van der Waals surface area (Å²) in [6.45, 7) is 2.46. The molecule has 1 aliphatic heterocycles. The highest BCUT2D eigenvalue weighted by molar-refractivity contribution is 7.91. The largest absolute Gasteiger partial charge is 0.506 e. The van der Waals surface area contributed by atoms with Crippen LogP contribution < -0.4 is 10.2 Å². The molecule has 1 fully saturated rings. The third-order valence-electron chi connectivity index (χ3n) is 5.25. The molecule has 160 valence electrons. The molecule has 1 aliphatic rings. The molecule has 2 aromatic rings. The molecule has 0 saturated carbocycles. The summed E-state index contributed by atoms with van der Waals surface area (Å²) in [4.78, 5) is 25.4. The zero-order chi connectivity index (χ0) is 21.9. The van der Waals surface area contributed by atoms with Gasteiger partial charge in [-0.15, -0.1) is 0 Å².